The van der Waals surface area contributed by atoms with Crippen LogP contribution in [0, 0.1) is 11.8 Å². The lowest BCUT2D eigenvalue weighted by atomic mass is 9.95. The van der Waals surface area contributed by atoms with Crippen molar-refractivity contribution in [1.82, 2.24) is 0 Å². The van der Waals surface area contributed by atoms with E-state index in [2.05, 4.69) is 39.0 Å². The summed E-state index contributed by atoms with van der Waals surface area (Å²) in [5.74, 6) is 1.40. The van der Waals surface area contributed by atoms with Crippen LogP contribution in [-0.2, 0) is 0 Å². The molecule has 11 heavy (non-hydrogen) atoms. The van der Waals surface area contributed by atoms with Crippen LogP contribution in [0.2, 0.25) is 0 Å². The van der Waals surface area contributed by atoms with Crippen molar-refractivity contribution in [2.24, 2.45) is 11.8 Å². The third-order valence-electron chi connectivity index (χ3n) is 1.88. The van der Waals surface area contributed by atoms with Gasteiger partial charge in [0.05, 0.1) is 0 Å². The number of hydrogen-bond donors (Lipinski definition) is 0. The summed E-state index contributed by atoms with van der Waals surface area (Å²) >= 11 is 0. The van der Waals surface area contributed by atoms with E-state index in [1.807, 2.05) is 13.8 Å². The minimum absolute atomic E-state index is 0.685. The van der Waals surface area contributed by atoms with Gasteiger partial charge in [-0.2, -0.15) is 0 Å². The second-order valence-corrected chi connectivity index (χ2v) is 2.99. The highest BCUT2D eigenvalue weighted by molar-refractivity contribution is 5.27. The molecule has 64 valence electrons. The fraction of sp³-hybridized carbons (Fsp3) is 0.636. The Morgan fingerprint density at radius 2 is 1.82 bits per heavy atom. The van der Waals surface area contributed by atoms with E-state index in [1.54, 1.807) is 5.57 Å². The van der Waals surface area contributed by atoms with Gasteiger partial charge in [0, 0.05) is 0 Å². The molecule has 0 fully saturated rings. The molecule has 0 aromatic heterocycles. The monoisotopic (exact) mass is 152 g/mol. The maximum absolute atomic E-state index is 2.25. The van der Waals surface area contributed by atoms with Crippen molar-refractivity contribution >= 4 is 0 Å². The van der Waals surface area contributed by atoms with Gasteiger partial charge in [0.2, 0.25) is 0 Å². The van der Waals surface area contributed by atoms with Crippen molar-refractivity contribution in [3.8, 4) is 0 Å². The Morgan fingerprint density at radius 1 is 1.27 bits per heavy atom. The van der Waals surface area contributed by atoms with Crippen LogP contribution in [-0.4, -0.2) is 0 Å². The van der Waals surface area contributed by atoms with Gasteiger partial charge in [-0.1, -0.05) is 58.4 Å². The SMILES string of the molecule is CC.CC(C)C1=CC=CC1C. The standard InChI is InChI=1S/C9H14.C2H6/c1-7(2)9-6-4-5-8(9)3;1-2/h4-8H,1-3H3;1-2H3. The van der Waals surface area contributed by atoms with Crippen LogP contribution in [0.25, 0.3) is 0 Å². The van der Waals surface area contributed by atoms with Crippen LogP contribution < -0.4 is 0 Å². The average Bonchev–Trinajstić information content (AvgIpc) is 2.39. The molecule has 1 unspecified atom stereocenters. The lowest BCUT2D eigenvalue weighted by Gasteiger charge is -2.10. The van der Waals surface area contributed by atoms with Crippen LogP contribution in [0.1, 0.15) is 34.6 Å². The molecular weight excluding hydrogens is 132 g/mol. The van der Waals surface area contributed by atoms with Crippen molar-refractivity contribution in [1.29, 1.82) is 0 Å². The largest absolute Gasteiger partial charge is 0.0776 e. The van der Waals surface area contributed by atoms with E-state index in [0.717, 1.165) is 5.92 Å². The summed E-state index contributed by atoms with van der Waals surface area (Å²) in [5.41, 5.74) is 1.56. The highest BCUT2D eigenvalue weighted by atomic mass is 14.2. The molecule has 0 saturated carbocycles. The van der Waals surface area contributed by atoms with Gasteiger partial charge < -0.3 is 0 Å². The van der Waals surface area contributed by atoms with E-state index < -0.39 is 0 Å². The van der Waals surface area contributed by atoms with Crippen LogP contribution in [0.4, 0.5) is 0 Å². The molecule has 0 aromatic carbocycles. The molecule has 1 atom stereocenters. The topological polar surface area (TPSA) is 0 Å². The first-order chi connectivity index (χ1) is 5.22. The lowest BCUT2D eigenvalue weighted by Crippen LogP contribution is -1.98. The maximum atomic E-state index is 2.25. The smallest absolute Gasteiger partial charge is 0.00428 e. The number of rotatable bonds is 1. The molecule has 0 N–H and O–H groups in total. The van der Waals surface area contributed by atoms with Gasteiger partial charge in [-0.25, -0.2) is 0 Å². The summed E-state index contributed by atoms with van der Waals surface area (Å²) in [6.07, 6.45) is 6.63. The Labute approximate surface area is 71.0 Å². The van der Waals surface area contributed by atoms with E-state index >= 15 is 0 Å². The third-order valence-corrected chi connectivity index (χ3v) is 1.88. The van der Waals surface area contributed by atoms with E-state index in [1.165, 1.54) is 0 Å². The van der Waals surface area contributed by atoms with E-state index in [0.29, 0.717) is 5.92 Å². The zero-order chi connectivity index (χ0) is 8.85. The van der Waals surface area contributed by atoms with Gasteiger partial charge in [-0.05, 0) is 11.8 Å². The summed E-state index contributed by atoms with van der Waals surface area (Å²) in [7, 11) is 0. The van der Waals surface area contributed by atoms with Gasteiger partial charge in [0.1, 0.15) is 0 Å². The molecule has 1 aliphatic rings. The fourth-order valence-electron chi connectivity index (χ4n) is 1.31. The lowest BCUT2D eigenvalue weighted by molar-refractivity contribution is 0.675. The van der Waals surface area contributed by atoms with E-state index in [9.17, 15) is 0 Å². The predicted molar refractivity (Wildman–Crippen MR) is 52.6 cm³/mol. The van der Waals surface area contributed by atoms with Crippen LogP contribution in [0.15, 0.2) is 23.8 Å². The fourth-order valence-corrected chi connectivity index (χ4v) is 1.31. The molecular formula is C11H20. The normalized spacial score (nSPS) is 21.3. The quantitative estimate of drug-likeness (QED) is 0.536. The second kappa shape index (κ2) is 5.17. The highest BCUT2D eigenvalue weighted by Gasteiger charge is 2.11. The summed E-state index contributed by atoms with van der Waals surface area (Å²) < 4.78 is 0. The van der Waals surface area contributed by atoms with Gasteiger partial charge in [0.25, 0.3) is 0 Å². The average molecular weight is 152 g/mol. The number of hydrogen-bond acceptors (Lipinski definition) is 0. The van der Waals surface area contributed by atoms with Gasteiger partial charge >= 0.3 is 0 Å². The van der Waals surface area contributed by atoms with Crippen molar-refractivity contribution in [2.45, 2.75) is 34.6 Å². The molecule has 0 aliphatic heterocycles. The van der Waals surface area contributed by atoms with Gasteiger partial charge in [0.15, 0.2) is 0 Å². The first-order valence-corrected chi connectivity index (χ1v) is 4.60. The molecule has 0 heteroatoms. The van der Waals surface area contributed by atoms with Crippen LogP contribution >= 0.6 is 0 Å². The minimum atomic E-state index is 0.685. The molecule has 1 aliphatic carbocycles. The summed E-state index contributed by atoms with van der Waals surface area (Å²) in [4.78, 5) is 0. The first-order valence-electron chi connectivity index (χ1n) is 4.60. The third kappa shape index (κ3) is 2.92. The van der Waals surface area contributed by atoms with Crippen LogP contribution in [0.5, 0.6) is 0 Å². The predicted octanol–water partition coefficient (Wildman–Crippen LogP) is 3.80. The Hall–Kier alpha value is -0.520. The molecule has 1 rings (SSSR count). The molecule has 0 spiro atoms. The second-order valence-electron chi connectivity index (χ2n) is 2.99. The summed E-state index contributed by atoms with van der Waals surface area (Å²) in [6.45, 7) is 10.7. The van der Waals surface area contributed by atoms with Crippen LogP contribution in [0.3, 0.4) is 0 Å². The Balaban J connectivity index is 0.000000461. The van der Waals surface area contributed by atoms with Crippen molar-refractivity contribution in [3.63, 3.8) is 0 Å². The van der Waals surface area contributed by atoms with Gasteiger partial charge in [-0.15, -0.1) is 0 Å². The van der Waals surface area contributed by atoms with E-state index in [4.69, 9.17) is 0 Å². The molecule has 0 aromatic rings. The molecule has 0 heterocycles. The first kappa shape index (κ1) is 10.5. The Kier molecular flexibility index (Phi) is 4.93. The molecule has 0 bridgehead atoms. The maximum Gasteiger partial charge on any atom is -0.00428 e. The summed E-state index contributed by atoms with van der Waals surface area (Å²) in [5, 5.41) is 0. The summed E-state index contributed by atoms with van der Waals surface area (Å²) in [6, 6.07) is 0. The van der Waals surface area contributed by atoms with E-state index in [-0.39, 0.29) is 0 Å². The van der Waals surface area contributed by atoms with Crippen molar-refractivity contribution < 1.29 is 0 Å². The molecule has 0 saturated heterocycles. The molecule has 0 nitrogen and oxygen atoms in total. The zero-order valence-corrected chi connectivity index (χ0v) is 8.39. The van der Waals surface area contributed by atoms with Crippen molar-refractivity contribution in [2.75, 3.05) is 0 Å². The van der Waals surface area contributed by atoms with Gasteiger partial charge in [-0.3, -0.25) is 0 Å². The Bertz CT molecular complexity index is 149. The highest BCUT2D eigenvalue weighted by Crippen LogP contribution is 2.24. The molecule has 0 radical (unpaired) electrons. The van der Waals surface area contributed by atoms with Crippen molar-refractivity contribution in [3.05, 3.63) is 23.8 Å². The Morgan fingerprint density at radius 3 is 2.00 bits per heavy atom. The molecule has 0 amide bonds. The zero-order valence-electron chi connectivity index (χ0n) is 8.39. The minimum Gasteiger partial charge on any atom is -0.0776 e. The number of allylic oxidation sites excluding steroid dienone is 4.